The number of amides is 2. The highest BCUT2D eigenvalue weighted by Gasteiger charge is 2.48. The number of likely N-dealkylation sites (tertiary alicyclic amines) is 1. The maximum Gasteiger partial charge on any atom is 0.232 e. The van der Waals surface area contributed by atoms with E-state index < -0.39 is 0 Å². The molecule has 3 unspecified atom stereocenters. The minimum absolute atomic E-state index is 0.0181. The van der Waals surface area contributed by atoms with Gasteiger partial charge in [-0.2, -0.15) is 0 Å². The van der Waals surface area contributed by atoms with E-state index in [4.69, 9.17) is 6.42 Å². The summed E-state index contributed by atoms with van der Waals surface area (Å²) in [5.74, 6) is 2.58. The molecule has 3 heteroatoms. The van der Waals surface area contributed by atoms with E-state index in [0.29, 0.717) is 6.42 Å². The molecule has 0 spiro atoms. The van der Waals surface area contributed by atoms with Crippen molar-refractivity contribution < 1.29 is 9.59 Å². The number of carbonyl (C=O) groups excluding carboxylic acids is 2. The molecule has 0 N–H and O–H groups in total. The fraction of sp³-hybridized carbons (Fsp3) is 0.636. The molecule has 3 atom stereocenters. The zero-order valence-corrected chi connectivity index (χ0v) is 8.19. The summed E-state index contributed by atoms with van der Waals surface area (Å²) in [6.45, 7) is 0. The normalized spacial score (nSPS) is 36.9. The summed E-state index contributed by atoms with van der Waals surface area (Å²) < 4.78 is 0. The van der Waals surface area contributed by atoms with Gasteiger partial charge in [0.1, 0.15) is 0 Å². The SMILES string of the molecule is C#CC1CCC2C(=O)N(C)C(=O)C2C1. The van der Waals surface area contributed by atoms with Gasteiger partial charge in [-0.05, 0) is 19.3 Å². The maximum absolute atomic E-state index is 11.6. The van der Waals surface area contributed by atoms with Gasteiger partial charge in [-0.25, -0.2) is 0 Å². The summed E-state index contributed by atoms with van der Waals surface area (Å²) >= 11 is 0. The predicted octanol–water partition coefficient (Wildman–Crippen LogP) is 0.651. The van der Waals surface area contributed by atoms with Crippen LogP contribution in [0.15, 0.2) is 0 Å². The molecule has 1 saturated carbocycles. The van der Waals surface area contributed by atoms with Gasteiger partial charge >= 0.3 is 0 Å². The highest BCUT2D eigenvalue weighted by atomic mass is 16.2. The van der Waals surface area contributed by atoms with Crippen LogP contribution < -0.4 is 0 Å². The molecule has 2 fully saturated rings. The van der Waals surface area contributed by atoms with E-state index in [-0.39, 0.29) is 29.6 Å². The van der Waals surface area contributed by atoms with Crippen LogP contribution in [0.4, 0.5) is 0 Å². The average molecular weight is 191 g/mol. The summed E-state index contributed by atoms with van der Waals surface area (Å²) in [4.78, 5) is 24.5. The second-order valence-corrected chi connectivity index (χ2v) is 4.13. The van der Waals surface area contributed by atoms with E-state index in [1.54, 1.807) is 7.05 Å². The molecule has 0 aromatic carbocycles. The van der Waals surface area contributed by atoms with Crippen molar-refractivity contribution in [2.45, 2.75) is 19.3 Å². The lowest BCUT2D eigenvalue weighted by Gasteiger charge is -2.25. The van der Waals surface area contributed by atoms with Gasteiger partial charge in [0.2, 0.25) is 11.8 Å². The van der Waals surface area contributed by atoms with Crippen molar-refractivity contribution in [3.8, 4) is 12.3 Å². The third-order valence-corrected chi connectivity index (χ3v) is 3.38. The van der Waals surface area contributed by atoms with Crippen molar-refractivity contribution in [3.05, 3.63) is 0 Å². The Labute approximate surface area is 83.5 Å². The van der Waals surface area contributed by atoms with Crippen molar-refractivity contribution in [1.82, 2.24) is 4.90 Å². The average Bonchev–Trinajstić information content (AvgIpc) is 2.44. The van der Waals surface area contributed by atoms with Gasteiger partial charge in [-0.15, -0.1) is 12.3 Å². The van der Waals surface area contributed by atoms with E-state index >= 15 is 0 Å². The number of imide groups is 1. The monoisotopic (exact) mass is 191 g/mol. The molecule has 0 radical (unpaired) electrons. The summed E-state index contributed by atoms with van der Waals surface area (Å²) in [5.41, 5.74) is 0. The first-order valence-corrected chi connectivity index (χ1v) is 4.92. The Balaban J connectivity index is 2.21. The lowest BCUT2D eigenvalue weighted by Crippen LogP contribution is -2.26. The number of hydrogen-bond acceptors (Lipinski definition) is 2. The van der Waals surface area contributed by atoms with Crippen LogP contribution in [0.25, 0.3) is 0 Å². The fourth-order valence-electron chi connectivity index (χ4n) is 2.50. The van der Waals surface area contributed by atoms with Gasteiger partial charge in [-0.3, -0.25) is 14.5 Å². The quantitative estimate of drug-likeness (QED) is 0.416. The Morgan fingerprint density at radius 1 is 1.29 bits per heavy atom. The van der Waals surface area contributed by atoms with Crippen LogP contribution in [0, 0.1) is 30.1 Å². The highest BCUT2D eigenvalue weighted by molar-refractivity contribution is 6.04. The Hall–Kier alpha value is -1.30. The van der Waals surface area contributed by atoms with Crippen molar-refractivity contribution in [2.24, 2.45) is 17.8 Å². The molecule has 0 aromatic heterocycles. The zero-order valence-electron chi connectivity index (χ0n) is 8.19. The van der Waals surface area contributed by atoms with Crippen molar-refractivity contribution >= 4 is 11.8 Å². The summed E-state index contributed by atoms with van der Waals surface area (Å²) in [6, 6.07) is 0. The smallest absolute Gasteiger partial charge is 0.232 e. The molecule has 1 heterocycles. The van der Waals surface area contributed by atoms with E-state index in [1.807, 2.05) is 0 Å². The molecule has 0 bridgehead atoms. The number of carbonyl (C=O) groups is 2. The number of rotatable bonds is 0. The molecule has 14 heavy (non-hydrogen) atoms. The fourth-order valence-corrected chi connectivity index (χ4v) is 2.50. The summed E-state index contributed by atoms with van der Waals surface area (Å²) in [5, 5.41) is 0. The Morgan fingerprint density at radius 2 is 1.93 bits per heavy atom. The third-order valence-electron chi connectivity index (χ3n) is 3.38. The minimum Gasteiger partial charge on any atom is -0.285 e. The number of hydrogen-bond donors (Lipinski definition) is 0. The predicted molar refractivity (Wildman–Crippen MR) is 50.9 cm³/mol. The van der Waals surface area contributed by atoms with Crippen LogP contribution in [0.3, 0.4) is 0 Å². The molecule has 0 aromatic rings. The van der Waals surface area contributed by atoms with Gasteiger partial charge in [0.05, 0.1) is 11.8 Å². The van der Waals surface area contributed by atoms with E-state index in [9.17, 15) is 9.59 Å². The van der Waals surface area contributed by atoms with Crippen molar-refractivity contribution in [1.29, 1.82) is 0 Å². The first kappa shape index (κ1) is 9.26. The maximum atomic E-state index is 11.6. The number of terminal acetylenes is 1. The Morgan fingerprint density at radius 3 is 2.57 bits per heavy atom. The van der Waals surface area contributed by atoms with Crippen LogP contribution in [0.1, 0.15) is 19.3 Å². The summed E-state index contributed by atoms with van der Waals surface area (Å²) in [6.07, 6.45) is 7.68. The number of fused-ring (bicyclic) bond motifs is 1. The van der Waals surface area contributed by atoms with E-state index in [1.165, 1.54) is 4.90 Å². The lowest BCUT2D eigenvalue weighted by molar-refractivity contribution is -0.138. The molecular weight excluding hydrogens is 178 g/mol. The summed E-state index contributed by atoms with van der Waals surface area (Å²) in [7, 11) is 1.56. The topological polar surface area (TPSA) is 37.4 Å². The van der Waals surface area contributed by atoms with Crippen LogP contribution in [0.5, 0.6) is 0 Å². The number of nitrogens with zero attached hydrogens (tertiary/aromatic N) is 1. The zero-order chi connectivity index (χ0) is 10.3. The van der Waals surface area contributed by atoms with Crippen LogP contribution in [-0.4, -0.2) is 23.8 Å². The minimum atomic E-state index is -0.137. The molecule has 74 valence electrons. The first-order chi connectivity index (χ1) is 6.65. The van der Waals surface area contributed by atoms with Crippen LogP contribution >= 0.6 is 0 Å². The Kier molecular flexibility index (Phi) is 2.07. The Bertz CT molecular complexity index is 329. The van der Waals surface area contributed by atoms with Crippen molar-refractivity contribution in [3.63, 3.8) is 0 Å². The standard InChI is InChI=1S/C11H13NO2/c1-3-7-4-5-8-9(6-7)11(14)12(2)10(8)13/h1,7-9H,4-6H2,2H3. The van der Waals surface area contributed by atoms with Gasteiger partial charge in [0, 0.05) is 13.0 Å². The molecule has 2 aliphatic rings. The molecule has 3 nitrogen and oxygen atoms in total. The van der Waals surface area contributed by atoms with Crippen LogP contribution in [0.2, 0.25) is 0 Å². The van der Waals surface area contributed by atoms with Gasteiger partial charge < -0.3 is 0 Å². The molecular formula is C11H13NO2. The molecule has 2 rings (SSSR count). The molecule has 1 saturated heterocycles. The second kappa shape index (κ2) is 3.13. The molecule has 1 aliphatic heterocycles. The largest absolute Gasteiger partial charge is 0.285 e. The van der Waals surface area contributed by atoms with E-state index in [0.717, 1.165) is 12.8 Å². The molecule has 1 aliphatic carbocycles. The molecule has 2 amide bonds. The van der Waals surface area contributed by atoms with Gasteiger partial charge in [0.15, 0.2) is 0 Å². The van der Waals surface area contributed by atoms with Gasteiger partial charge in [0.25, 0.3) is 0 Å². The van der Waals surface area contributed by atoms with Crippen molar-refractivity contribution in [2.75, 3.05) is 7.05 Å². The van der Waals surface area contributed by atoms with E-state index in [2.05, 4.69) is 5.92 Å². The third kappa shape index (κ3) is 1.14. The lowest BCUT2D eigenvalue weighted by atomic mass is 9.76. The first-order valence-electron chi connectivity index (χ1n) is 4.92. The highest BCUT2D eigenvalue weighted by Crippen LogP contribution is 2.39. The van der Waals surface area contributed by atoms with Crippen LogP contribution in [-0.2, 0) is 9.59 Å². The second-order valence-electron chi connectivity index (χ2n) is 4.13. The van der Waals surface area contributed by atoms with Gasteiger partial charge in [-0.1, -0.05) is 0 Å².